The van der Waals surface area contributed by atoms with Crippen LogP contribution >= 0.6 is 11.3 Å². The van der Waals surface area contributed by atoms with E-state index in [4.69, 9.17) is 5.73 Å². The summed E-state index contributed by atoms with van der Waals surface area (Å²) in [6, 6.07) is 0. The fraction of sp³-hybridized carbons (Fsp3) is 0.588. The minimum atomic E-state index is -5.25. The Morgan fingerprint density at radius 2 is 1.82 bits per heavy atom. The molecule has 7 nitrogen and oxygen atoms in total. The number of primary amides is 1. The molecule has 4 N–H and O–H groups in total. The summed E-state index contributed by atoms with van der Waals surface area (Å²) >= 11 is 0.932. The van der Waals surface area contributed by atoms with Crippen molar-refractivity contribution in [3.63, 3.8) is 0 Å². The van der Waals surface area contributed by atoms with Crippen LogP contribution in [-0.2, 0) is 27.2 Å². The van der Waals surface area contributed by atoms with Gasteiger partial charge in [0.25, 0.3) is 5.91 Å². The van der Waals surface area contributed by atoms with Gasteiger partial charge in [-0.3, -0.25) is 9.59 Å². The Kier molecular flexibility index (Phi) is 6.58. The fourth-order valence-corrected chi connectivity index (χ4v) is 4.36. The Labute approximate surface area is 163 Å². The summed E-state index contributed by atoms with van der Waals surface area (Å²) in [5.41, 5.74) is 2.39. The SMILES string of the molecule is CCOC(=O)[C@](NC(=O)CC)(Nc1sc2c(c1C(N)=O)CCCC2)C(F)(F)F. The van der Waals surface area contributed by atoms with Crippen LogP contribution in [0, 0.1) is 0 Å². The van der Waals surface area contributed by atoms with Crippen LogP contribution in [0.2, 0.25) is 0 Å². The molecule has 1 aromatic heterocycles. The van der Waals surface area contributed by atoms with Gasteiger partial charge in [0, 0.05) is 11.3 Å². The third-order valence-corrected chi connectivity index (χ3v) is 5.58. The molecular weight excluding hydrogens is 399 g/mol. The Balaban J connectivity index is 2.62. The number of ether oxygens (including phenoxy) is 1. The number of thiophene rings is 1. The van der Waals surface area contributed by atoms with Gasteiger partial charge in [-0.15, -0.1) is 11.3 Å². The molecule has 1 aliphatic rings. The minimum absolute atomic E-state index is 0.0802. The molecule has 2 amide bonds. The van der Waals surface area contributed by atoms with E-state index in [0.29, 0.717) is 18.4 Å². The quantitative estimate of drug-likeness (QED) is 0.463. The molecule has 28 heavy (non-hydrogen) atoms. The highest BCUT2D eigenvalue weighted by atomic mass is 32.1. The van der Waals surface area contributed by atoms with E-state index in [1.807, 2.05) is 0 Å². The number of nitrogens with two attached hydrogens (primary N) is 1. The maximum absolute atomic E-state index is 14.1. The molecule has 0 aliphatic heterocycles. The van der Waals surface area contributed by atoms with Crippen molar-refractivity contribution in [2.24, 2.45) is 5.73 Å². The molecule has 0 saturated carbocycles. The topological polar surface area (TPSA) is 111 Å². The molecule has 1 atom stereocenters. The summed E-state index contributed by atoms with van der Waals surface area (Å²) in [5, 5.41) is 3.57. The summed E-state index contributed by atoms with van der Waals surface area (Å²) < 4.78 is 46.8. The predicted molar refractivity (Wildman–Crippen MR) is 97.0 cm³/mol. The van der Waals surface area contributed by atoms with E-state index in [1.54, 1.807) is 5.32 Å². The van der Waals surface area contributed by atoms with Crippen LogP contribution in [0.15, 0.2) is 0 Å². The molecule has 156 valence electrons. The molecule has 1 aliphatic carbocycles. The molecular formula is C17H22F3N3O4S. The lowest BCUT2D eigenvalue weighted by Crippen LogP contribution is -2.69. The highest BCUT2D eigenvalue weighted by Gasteiger charge is 2.64. The standard InChI is InChI=1S/C17H22F3N3O4S/c1-3-11(24)22-16(17(18,19)20,15(26)27-4-2)23-14-12(13(21)25)9-7-5-6-8-10(9)28-14/h23H,3-8H2,1-2H3,(H2,21,25)(H,22,24)/t16-/m0/s1. The lowest BCUT2D eigenvalue weighted by atomic mass is 9.95. The largest absolute Gasteiger partial charge is 0.463 e. The number of halogens is 3. The zero-order chi connectivity index (χ0) is 21.1. The third-order valence-electron chi connectivity index (χ3n) is 4.37. The van der Waals surface area contributed by atoms with Gasteiger partial charge < -0.3 is 21.1 Å². The van der Waals surface area contributed by atoms with Crippen LogP contribution in [-0.4, -0.2) is 36.2 Å². The number of alkyl halides is 3. The van der Waals surface area contributed by atoms with E-state index in [2.05, 4.69) is 10.1 Å². The Morgan fingerprint density at radius 3 is 2.36 bits per heavy atom. The van der Waals surface area contributed by atoms with Crippen LogP contribution in [0.4, 0.5) is 18.2 Å². The first-order chi connectivity index (χ1) is 13.1. The number of esters is 1. The van der Waals surface area contributed by atoms with Gasteiger partial charge in [-0.05, 0) is 38.2 Å². The van der Waals surface area contributed by atoms with Crippen molar-refractivity contribution in [3.05, 3.63) is 16.0 Å². The van der Waals surface area contributed by atoms with Crippen LogP contribution < -0.4 is 16.4 Å². The molecule has 1 heterocycles. The summed E-state index contributed by atoms with van der Waals surface area (Å²) in [4.78, 5) is 36.9. The van der Waals surface area contributed by atoms with Crippen molar-refractivity contribution in [3.8, 4) is 0 Å². The number of anilines is 1. The average molecular weight is 421 g/mol. The lowest BCUT2D eigenvalue weighted by molar-refractivity contribution is -0.207. The molecule has 0 fully saturated rings. The number of carbonyl (C=O) groups excluding carboxylic acids is 3. The molecule has 1 aromatic rings. The molecule has 0 spiro atoms. The van der Waals surface area contributed by atoms with E-state index in [0.717, 1.165) is 29.1 Å². The van der Waals surface area contributed by atoms with Gasteiger partial charge in [0.2, 0.25) is 5.91 Å². The molecule has 0 bridgehead atoms. The maximum Gasteiger partial charge on any atom is 0.441 e. The third kappa shape index (κ3) is 4.08. The van der Waals surface area contributed by atoms with E-state index in [1.165, 1.54) is 13.8 Å². The van der Waals surface area contributed by atoms with Gasteiger partial charge in [-0.25, -0.2) is 4.79 Å². The maximum atomic E-state index is 14.1. The second-order valence-corrected chi connectivity index (χ2v) is 7.38. The number of nitrogens with one attached hydrogen (secondary N) is 2. The van der Waals surface area contributed by atoms with Gasteiger partial charge >= 0.3 is 17.8 Å². The zero-order valence-corrected chi connectivity index (χ0v) is 16.3. The van der Waals surface area contributed by atoms with Gasteiger partial charge in [0.05, 0.1) is 12.2 Å². The zero-order valence-electron chi connectivity index (χ0n) is 15.5. The lowest BCUT2D eigenvalue weighted by Gasteiger charge is -2.35. The number of fused-ring (bicyclic) bond motifs is 1. The van der Waals surface area contributed by atoms with E-state index >= 15 is 0 Å². The van der Waals surface area contributed by atoms with Gasteiger partial charge in [0.1, 0.15) is 5.00 Å². The monoisotopic (exact) mass is 421 g/mol. The number of carbonyl (C=O) groups is 3. The Hall–Kier alpha value is -2.30. The molecule has 0 saturated heterocycles. The van der Waals surface area contributed by atoms with Crippen LogP contribution in [0.3, 0.4) is 0 Å². The number of amides is 2. The summed E-state index contributed by atoms with van der Waals surface area (Å²) in [7, 11) is 0. The van der Waals surface area contributed by atoms with E-state index in [9.17, 15) is 27.6 Å². The van der Waals surface area contributed by atoms with Gasteiger partial charge in [0.15, 0.2) is 0 Å². The fourth-order valence-electron chi connectivity index (χ4n) is 3.01. The normalized spacial score (nSPS) is 15.9. The average Bonchev–Trinajstić information content (AvgIpc) is 2.97. The number of hydrogen-bond acceptors (Lipinski definition) is 6. The smallest absolute Gasteiger partial charge is 0.441 e. The highest BCUT2D eigenvalue weighted by molar-refractivity contribution is 7.16. The van der Waals surface area contributed by atoms with Crippen molar-refractivity contribution in [2.45, 2.75) is 57.8 Å². The van der Waals surface area contributed by atoms with E-state index < -0.39 is 29.6 Å². The minimum Gasteiger partial charge on any atom is -0.463 e. The second kappa shape index (κ2) is 8.38. The molecule has 0 aromatic carbocycles. The Morgan fingerprint density at radius 1 is 1.18 bits per heavy atom. The Bertz CT molecular complexity index is 778. The van der Waals surface area contributed by atoms with Crippen molar-refractivity contribution >= 4 is 34.1 Å². The second-order valence-electron chi connectivity index (χ2n) is 6.27. The van der Waals surface area contributed by atoms with Crippen molar-refractivity contribution < 1.29 is 32.3 Å². The number of hydrogen-bond donors (Lipinski definition) is 3. The first-order valence-electron chi connectivity index (χ1n) is 8.84. The summed E-state index contributed by atoms with van der Waals surface area (Å²) in [6.07, 6.45) is -2.82. The first kappa shape index (κ1) is 22.0. The predicted octanol–water partition coefficient (Wildman–Crippen LogP) is 2.49. The van der Waals surface area contributed by atoms with Crippen molar-refractivity contribution in [2.75, 3.05) is 11.9 Å². The van der Waals surface area contributed by atoms with Crippen molar-refractivity contribution in [1.29, 1.82) is 0 Å². The van der Waals surface area contributed by atoms with Crippen LogP contribution in [0.5, 0.6) is 0 Å². The number of rotatable bonds is 7. The van der Waals surface area contributed by atoms with Crippen molar-refractivity contribution in [1.82, 2.24) is 5.32 Å². The molecule has 0 radical (unpaired) electrons. The van der Waals surface area contributed by atoms with Gasteiger partial charge in [-0.1, -0.05) is 6.92 Å². The summed E-state index contributed by atoms with van der Waals surface area (Å²) in [5.74, 6) is -3.63. The molecule has 11 heteroatoms. The van der Waals surface area contributed by atoms with Crippen LogP contribution in [0.25, 0.3) is 0 Å². The first-order valence-corrected chi connectivity index (χ1v) is 9.66. The molecule has 0 unspecified atom stereocenters. The number of aryl methyl sites for hydroxylation is 1. The molecule has 2 rings (SSSR count). The van der Waals surface area contributed by atoms with Gasteiger partial charge in [-0.2, -0.15) is 13.2 Å². The highest BCUT2D eigenvalue weighted by Crippen LogP contribution is 2.41. The van der Waals surface area contributed by atoms with Crippen LogP contribution in [0.1, 0.15) is 53.9 Å². The van der Waals surface area contributed by atoms with E-state index in [-0.39, 0.29) is 23.6 Å². The summed E-state index contributed by atoms with van der Waals surface area (Å²) in [6.45, 7) is 2.36.